The number of aromatic nitrogens is 2. The minimum Gasteiger partial charge on any atom is -0.406 e. The zero-order valence-corrected chi connectivity index (χ0v) is 20.1. The molecule has 4 aromatic rings. The minimum atomic E-state index is -4.73. The maximum absolute atomic E-state index is 12.9. The second kappa shape index (κ2) is 9.72. The molecule has 1 fully saturated rings. The van der Waals surface area contributed by atoms with Crippen molar-refractivity contribution in [3.8, 4) is 5.75 Å². The van der Waals surface area contributed by atoms with E-state index in [1.165, 1.54) is 12.1 Å². The van der Waals surface area contributed by atoms with Gasteiger partial charge in [-0.05, 0) is 67.7 Å². The Balaban J connectivity index is 1.18. The average molecular weight is 519 g/mol. The van der Waals surface area contributed by atoms with Crippen LogP contribution in [0, 0.1) is 0 Å². The summed E-state index contributed by atoms with van der Waals surface area (Å²) in [5.74, 6) is -0.0449. The normalized spacial score (nSPS) is 16.1. The van der Waals surface area contributed by atoms with E-state index in [0.717, 1.165) is 47.8 Å². The lowest BCUT2D eigenvalue weighted by atomic mass is 9.89. The van der Waals surface area contributed by atoms with Crippen molar-refractivity contribution in [2.75, 3.05) is 26.2 Å². The van der Waals surface area contributed by atoms with Crippen LogP contribution in [0.25, 0.3) is 21.8 Å². The topological polar surface area (TPSA) is 87.3 Å². The summed E-state index contributed by atoms with van der Waals surface area (Å²) in [7, 11) is -3.71. The van der Waals surface area contributed by atoms with Crippen molar-refractivity contribution in [1.82, 2.24) is 19.6 Å². The van der Waals surface area contributed by atoms with E-state index in [9.17, 15) is 21.6 Å². The smallest absolute Gasteiger partial charge is 0.406 e. The number of halogens is 3. The largest absolute Gasteiger partial charge is 0.573 e. The monoisotopic (exact) mass is 518 g/mol. The van der Waals surface area contributed by atoms with Crippen molar-refractivity contribution in [1.29, 1.82) is 0 Å². The third kappa shape index (κ3) is 5.32. The number of piperidine rings is 1. The lowest BCUT2D eigenvalue weighted by molar-refractivity contribution is -0.274. The van der Waals surface area contributed by atoms with Crippen molar-refractivity contribution in [2.45, 2.75) is 30.0 Å². The zero-order valence-electron chi connectivity index (χ0n) is 19.3. The molecule has 5 rings (SSSR count). The fraction of sp³-hybridized carbons (Fsp3) is 0.320. The quantitative estimate of drug-likeness (QED) is 0.368. The molecule has 0 amide bonds. The molecule has 0 radical (unpaired) electrons. The average Bonchev–Trinajstić information content (AvgIpc) is 3.26. The summed E-state index contributed by atoms with van der Waals surface area (Å²) in [5.41, 5.74) is 2.18. The summed E-state index contributed by atoms with van der Waals surface area (Å²) in [6.45, 7) is 2.34. The Morgan fingerprint density at radius 3 is 2.67 bits per heavy atom. The summed E-state index contributed by atoms with van der Waals surface area (Å²) in [6, 6.07) is 13.0. The molecule has 1 aliphatic heterocycles. The van der Waals surface area contributed by atoms with Gasteiger partial charge in [0.25, 0.3) is 0 Å². The van der Waals surface area contributed by atoms with Crippen molar-refractivity contribution < 1.29 is 26.3 Å². The van der Waals surface area contributed by atoms with E-state index >= 15 is 0 Å². The molecular formula is C25H25F3N4O3S. The van der Waals surface area contributed by atoms with Crippen LogP contribution < -0.4 is 9.46 Å². The number of fused-ring (bicyclic) bond motifs is 2. The molecule has 2 N–H and O–H groups in total. The van der Waals surface area contributed by atoms with Crippen molar-refractivity contribution in [3.63, 3.8) is 0 Å². The van der Waals surface area contributed by atoms with Gasteiger partial charge in [0.05, 0.1) is 5.52 Å². The maximum atomic E-state index is 12.9. The summed E-state index contributed by atoms with van der Waals surface area (Å²) in [6.07, 6.45) is 0.327. The Bertz CT molecular complexity index is 1470. The van der Waals surface area contributed by atoms with Crippen LogP contribution in [-0.2, 0) is 10.0 Å². The number of pyridine rings is 1. The van der Waals surface area contributed by atoms with Crippen LogP contribution in [0.3, 0.4) is 0 Å². The first-order valence-electron chi connectivity index (χ1n) is 11.6. The number of sulfonamides is 1. The van der Waals surface area contributed by atoms with Gasteiger partial charge in [-0.3, -0.25) is 4.98 Å². The fourth-order valence-corrected chi connectivity index (χ4v) is 6.03. The number of para-hydroxylation sites is 1. The van der Waals surface area contributed by atoms with Crippen LogP contribution in [0.2, 0.25) is 0 Å². The summed E-state index contributed by atoms with van der Waals surface area (Å²) < 4.78 is 70.4. The Hall–Kier alpha value is -3.15. The van der Waals surface area contributed by atoms with Crippen molar-refractivity contribution in [3.05, 3.63) is 66.5 Å². The number of hydrogen-bond donors (Lipinski definition) is 2. The Morgan fingerprint density at radius 1 is 1.11 bits per heavy atom. The maximum Gasteiger partial charge on any atom is 0.573 e. The highest BCUT2D eigenvalue weighted by atomic mass is 32.2. The van der Waals surface area contributed by atoms with Crippen LogP contribution in [0.4, 0.5) is 13.2 Å². The third-order valence-electron chi connectivity index (χ3n) is 6.55. The Kier molecular flexibility index (Phi) is 6.62. The molecule has 7 nitrogen and oxygen atoms in total. The highest BCUT2D eigenvalue weighted by Crippen LogP contribution is 2.35. The molecule has 0 unspecified atom stereocenters. The molecular weight excluding hydrogens is 493 g/mol. The SMILES string of the molecule is O=S(=O)(NCCN1CCC(c2c[nH]c3ccc(OC(F)(F)F)cc23)CC1)c1cccc2cccnc12. The molecule has 36 heavy (non-hydrogen) atoms. The predicted octanol–water partition coefficient (Wildman–Crippen LogP) is 4.77. The Morgan fingerprint density at radius 2 is 1.89 bits per heavy atom. The number of rotatable bonds is 7. The number of alkyl halides is 3. The van der Waals surface area contributed by atoms with Gasteiger partial charge in [-0.2, -0.15) is 0 Å². The molecule has 0 aliphatic carbocycles. The van der Waals surface area contributed by atoms with Gasteiger partial charge < -0.3 is 14.6 Å². The van der Waals surface area contributed by atoms with Crippen molar-refractivity contribution in [2.24, 2.45) is 0 Å². The number of ether oxygens (including phenoxy) is 1. The number of nitrogens with zero attached hydrogens (tertiary/aromatic N) is 2. The lowest BCUT2D eigenvalue weighted by Crippen LogP contribution is -2.39. The molecule has 0 atom stereocenters. The number of H-pyrrole nitrogens is 1. The molecule has 2 aromatic carbocycles. The predicted molar refractivity (Wildman–Crippen MR) is 130 cm³/mol. The molecule has 0 bridgehead atoms. The van der Waals surface area contributed by atoms with E-state index in [0.29, 0.717) is 12.1 Å². The lowest BCUT2D eigenvalue weighted by Gasteiger charge is -2.32. The van der Waals surface area contributed by atoms with Crippen LogP contribution >= 0.6 is 0 Å². The number of aromatic amines is 1. The number of hydrogen-bond acceptors (Lipinski definition) is 5. The standard InChI is InChI=1S/C25H25F3N4O3S/c26-25(27,28)35-19-6-7-22-20(15-19)21(16-30-22)17-8-12-32(13-9-17)14-11-31-36(33,34)23-5-1-3-18-4-2-10-29-24(18)23/h1-7,10,15-17,30-31H,8-9,11-14H2. The molecule has 0 spiro atoms. The zero-order chi connectivity index (χ0) is 25.3. The van der Waals surface area contributed by atoms with Gasteiger partial charge in [-0.1, -0.05) is 18.2 Å². The van der Waals surface area contributed by atoms with E-state index in [2.05, 4.69) is 24.3 Å². The highest BCUT2D eigenvalue weighted by Gasteiger charge is 2.31. The van der Waals surface area contributed by atoms with Crippen LogP contribution in [-0.4, -0.2) is 55.8 Å². The molecule has 190 valence electrons. The summed E-state index contributed by atoms with van der Waals surface area (Å²) in [5, 5.41) is 1.49. The first-order chi connectivity index (χ1) is 17.2. The van der Waals surface area contributed by atoms with E-state index in [4.69, 9.17) is 0 Å². The van der Waals surface area contributed by atoms with Crippen LogP contribution in [0.15, 0.2) is 65.8 Å². The van der Waals surface area contributed by atoms with E-state index in [1.54, 1.807) is 30.5 Å². The van der Waals surface area contributed by atoms with Crippen molar-refractivity contribution >= 4 is 31.8 Å². The van der Waals surface area contributed by atoms with Gasteiger partial charge in [0.2, 0.25) is 10.0 Å². The second-order valence-electron chi connectivity index (χ2n) is 8.84. The van der Waals surface area contributed by atoms with Crippen LogP contribution in [0.1, 0.15) is 24.3 Å². The summed E-state index contributed by atoms with van der Waals surface area (Å²) >= 11 is 0. The fourth-order valence-electron chi connectivity index (χ4n) is 4.83. The second-order valence-corrected chi connectivity index (χ2v) is 10.6. The van der Waals surface area contributed by atoms with E-state index in [1.807, 2.05) is 18.3 Å². The van der Waals surface area contributed by atoms with Gasteiger partial charge in [0.1, 0.15) is 10.6 Å². The first-order valence-corrected chi connectivity index (χ1v) is 13.1. The van der Waals surface area contributed by atoms with Gasteiger partial charge in [-0.15, -0.1) is 13.2 Å². The molecule has 11 heteroatoms. The minimum absolute atomic E-state index is 0.160. The van der Waals surface area contributed by atoms with Gasteiger partial charge >= 0.3 is 6.36 Å². The number of benzene rings is 2. The molecule has 1 aliphatic rings. The third-order valence-corrected chi connectivity index (χ3v) is 8.04. The molecule has 0 saturated carbocycles. The summed E-state index contributed by atoms with van der Waals surface area (Å²) in [4.78, 5) is 9.71. The van der Waals surface area contributed by atoms with E-state index < -0.39 is 16.4 Å². The van der Waals surface area contributed by atoms with Gasteiger partial charge in [-0.25, -0.2) is 13.1 Å². The number of nitrogens with one attached hydrogen (secondary N) is 2. The van der Waals surface area contributed by atoms with Gasteiger partial charge in [0, 0.05) is 41.8 Å². The molecule has 3 heterocycles. The molecule has 1 saturated heterocycles. The van der Waals surface area contributed by atoms with Gasteiger partial charge in [0.15, 0.2) is 0 Å². The number of likely N-dealkylation sites (tertiary alicyclic amines) is 1. The first kappa shape index (κ1) is 24.5. The Labute approximate surface area is 206 Å². The molecule has 2 aromatic heterocycles. The van der Waals surface area contributed by atoms with Crippen LogP contribution in [0.5, 0.6) is 5.75 Å². The van der Waals surface area contributed by atoms with E-state index in [-0.39, 0.29) is 23.1 Å². The highest BCUT2D eigenvalue weighted by molar-refractivity contribution is 7.89.